The van der Waals surface area contributed by atoms with E-state index in [1.165, 1.54) is 0 Å². The number of oxime groups is 1. The first-order chi connectivity index (χ1) is 8.08. The van der Waals surface area contributed by atoms with E-state index >= 15 is 0 Å². The van der Waals surface area contributed by atoms with Crippen molar-refractivity contribution in [3.05, 3.63) is 33.8 Å². The fraction of sp³-hybridized carbons (Fsp3) is 0.273. The van der Waals surface area contributed by atoms with Crippen LogP contribution in [-0.4, -0.2) is 23.4 Å². The lowest BCUT2D eigenvalue weighted by atomic mass is 9.96. The summed E-state index contributed by atoms with van der Waals surface area (Å²) in [6.45, 7) is 0.264. The van der Waals surface area contributed by atoms with Gasteiger partial charge < -0.3 is 9.94 Å². The molecule has 1 aliphatic heterocycles. The van der Waals surface area contributed by atoms with Gasteiger partial charge in [0.05, 0.1) is 5.92 Å². The van der Waals surface area contributed by atoms with Gasteiger partial charge in [0.15, 0.2) is 5.71 Å². The quantitative estimate of drug-likeness (QED) is 0.921. The molecule has 0 spiro atoms. The van der Waals surface area contributed by atoms with Crippen LogP contribution in [-0.2, 0) is 16.1 Å². The fourth-order valence-electron chi connectivity index (χ4n) is 1.67. The van der Waals surface area contributed by atoms with Crippen molar-refractivity contribution >= 4 is 34.9 Å². The lowest BCUT2D eigenvalue weighted by Crippen LogP contribution is -2.23. The van der Waals surface area contributed by atoms with E-state index in [2.05, 4.69) is 5.16 Å². The van der Waals surface area contributed by atoms with E-state index in [4.69, 9.17) is 33.1 Å². The number of carboxylic acids is 1. The average molecular weight is 274 g/mol. The molecule has 0 bridgehead atoms. The van der Waals surface area contributed by atoms with E-state index in [9.17, 15) is 4.79 Å². The molecular weight excluding hydrogens is 265 g/mol. The molecule has 0 saturated carbocycles. The van der Waals surface area contributed by atoms with Crippen molar-refractivity contribution in [3.8, 4) is 0 Å². The third kappa shape index (κ3) is 2.70. The standard InChI is InChI=1S/C11H9Cl2NO3/c12-8-2-1-6(9(13)4-8)3-7-5-17-14-10(7)11(15)16/h1-2,4,7H,3,5H2,(H,15,16). The molecule has 0 amide bonds. The van der Waals surface area contributed by atoms with Crippen molar-refractivity contribution in [1.82, 2.24) is 0 Å². The second-order valence-electron chi connectivity index (χ2n) is 3.71. The number of halogens is 2. The molecule has 1 aromatic carbocycles. The molecule has 0 radical (unpaired) electrons. The zero-order valence-corrected chi connectivity index (χ0v) is 10.2. The monoisotopic (exact) mass is 273 g/mol. The minimum Gasteiger partial charge on any atom is -0.477 e. The Balaban J connectivity index is 2.16. The van der Waals surface area contributed by atoms with Gasteiger partial charge in [-0.25, -0.2) is 4.79 Å². The van der Waals surface area contributed by atoms with E-state index in [1.54, 1.807) is 18.2 Å². The van der Waals surface area contributed by atoms with Crippen molar-refractivity contribution in [1.29, 1.82) is 0 Å². The Morgan fingerprint density at radius 2 is 2.29 bits per heavy atom. The van der Waals surface area contributed by atoms with E-state index in [0.717, 1.165) is 5.56 Å². The number of nitrogens with zero attached hydrogens (tertiary/aromatic N) is 1. The maximum absolute atomic E-state index is 10.9. The van der Waals surface area contributed by atoms with Crippen LogP contribution in [0.15, 0.2) is 23.4 Å². The molecule has 2 rings (SSSR count). The zero-order chi connectivity index (χ0) is 12.4. The van der Waals surface area contributed by atoms with Gasteiger partial charge in [-0.05, 0) is 24.1 Å². The van der Waals surface area contributed by atoms with Gasteiger partial charge in [0.25, 0.3) is 0 Å². The molecule has 17 heavy (non-hydrogen) atoms. The van der Waals surface area contributed by atoms with Gasteiger partial charge in [-0.15, -0.1) is 0 Å². The number of hydrogen-bond acceptors (Lipinski definition) is 3. The number of rotatable bonds is 3. The number of benzene rings is 1. The highest BCUT2D eigenvalue weighted by atomic mass is 35.5. The lowest BCUT2D eigenvalue weighted by Gasteiger charge is -2.09. The van der Waals surface area contributed by atoms with Gasteiger partial charge in [0.1, 0.15) is 6.61 Å². The number of carboxylic acid groups (broad SMARTS) is 1. The summed E-state index contributed by atoms with van der Waals surface area (Å²) in [7, 11) is 0. The van der Waals surface area contributed by atoms with Gasteiger partial charge >= 0.3 is 5.97 Å². The Labute approximate surface area is 108 Å². The SMILES string of the molecule is O=C(O)C1=NOCC1Cc1ccc(Cl)cc1Cl. The summed E-state index contributed by atoms with van der Waals surface area (Å²) < 4.78 is 0. The van der Waals surface area contributed by atoms with Crippen LogP contribution in [0.4, 0.5) is 0 Å². The van der Waals surface area contributed by atoms with Gasteiger partial charge in [-0.1, -0.05) is 34.4 Å². The number of aliphatic carboxylic acids is 1. The highest BCUT2D eigenvalue weighted by Gasteiger charge is 2.29. The molecule has 0 aliphatic carbocycles. The predicted molar refractivity (Wildman–Crippen MR) is 64.7 cm³/mol. The Hall–Kier alpha value is -1.26. The van der Waals surface area contributed by atoms with E-state index in [1.807, 2.05) is 0 Å². The smallest absolute Gasteiger partial charge is 0.354 e. The van der Waals surface area contributed by atoms with Crippen LogP contribution in [0.1, 0.15) is 5.56 Å². The Bertz CT molecular complexity index is 488. The molecule has 90 valence electrons. The summed E-state index contributed by atoms with van der Waals surface area (Å²) in [5.41, 5.74) is 0.872. The fourth-order valence-corrected chi connectivity index (χ4v) is 2.16. The Kier molecular flexibility index (Phi) is 3.54. The topological polar surface area (TPSA) is 58.9 Å². The molecule has 0 fully saturated rings. The van der Waals surface area contributed by atoms with Crippen LogP contribution >= 0.6 is 23.2 Å². The molecule has 1 atom stereocenters. The molecule has 1 unspecified atom stereocenters. The summed E-state index contributed by atoms with van der Waals surface area (Å²) in [4.78, 5) is 15.7. The predicted octanol–water partition coefficient (Wildman–Crippen LogP) is 2.62. The third-order valence-electron chi connectivity index (χ3n) is 2.53. The van der Waals surface area contributed by atoms with Crippen LogP contribution < -0.4 is 0 Å². The number of hydrogen-bond donors (Lipinski definition) is 1. The highest BCUT2D eigenvalue weighted by Crippen LogP contribution is 2.25. The van der Waals surface area contributed by atoms with Crippen molar-refractivity contribution < 1.29 is 14.7 Å². The summed E-state index contributed by atoms with van der Waals surface area (Å²) in [5.74, 6) is -1.33. The molecular formula is C11H9Cl2NO3. The number of carbonyl (C=O) groups is 1. The lowest BCUT2D eigenvalue weighted by molar-refractivity contribution is -0.129. The van der Waals surface area contributed by atoms with Crippen molar-refractivity contribution in [2.45, 2.75) is 6.42 Å². The molecule has 1 N–H and O–H groups in total. The Morgan fingerprint density at radius 1 is 1.53 bits per heavy atom. The maximum Gasteiger partial charge on any atom is 0.354 e. The zero-order valence-electron chi connectivity index (χ0n) is 8.69. The second-order valence-corrected chi connectivity index (χ2v) is 4.56. The first-order valence-corrected chi connectivity index (χ1v) is 5.70. The molecule has 0 aromatic heterocycles. The first-order valence-electron chi connectivity index (χ1n) is 4.95. The third-order valence-corrected chi connectivity index (χ3v) is 3.11. The van der Waals surface area contributed by atoms with E-state index in [0.29, 0.717) is 16.5 Å². The molecule has 1 heterocycles. The normalized spacial score (nSPS) is 18.7. The van der Waals surface area contributed by atoms with Crippen molar-refractivity contribution in [2.24, 2.45) is 11.1 Å². The highest BCUT2D eigenvalue weighted by molar-refractivity contribution is 6.37. The van der Waals surface area contributed by atoms with E-state index < -0.39 is 5.97 Å². The summed E-state index contributed by atoms with van der Waals surface area (Å²) in [5, 5.41) is 13.5. The van der Waals surface area contributed by atoms with Crippen LogP contribution in [0.5, 0.6) is 0 Å². The van der Waals surface area contributed by atoms with E-state index in [-0.39, 0.29) is 18.2 Å². The molecule has 1 aromatic rings. The second kappa shape index (κ2) is 4.94. The van der Waals surface area contributed by atoms with Crippen LogP contribution in [0, 0.1) is 5.92 Å². The van der Waals surface area contributed by atoms with Crippen molar-refractivity contribution in [2.75, 3.05) is 6.61 Å². The van der Waals surface area contributed by atoms with Crippen LogP contribution in [0.3, 0.4) is 0 Å². The Morgan fingerprint density at radius 3 is 2.94 bits per heavy atom. The molecule has 0 saturated heterocycles. The van der Waals surface area contributed by atoms with Crippen LogP contribution in [0.2, 0.25) is 10.0 Å². The van der Waals surface area contributed by atoms with Gasteiger partial charge in [0.2, 0.25) is 0 Å². The summed E-state index contributed by atoms with van der Waals surface area (Å²) >= 11 is 11.8. The summed E-state index contributed by atoms with van der Waals surface area (Å²) in [6, 6.07) is 5.13. The average Bonchev–Trinajstić information content (AvgIpc) is 2.70. The largest absolute Gasteiger partial charge is 0.477 e. The van der Waals surface area contributed by atoms with Gasteiger partial charge in [-0.2, -0.15) is 0 Å². The maximum atomic E-state index is 10.9. The minimum absolute atomic E-state index is 0.0380. The van der Waals surface area contributed by atoms with Gasteiger partial charge in [0, 0.05) is 10.0 Å². The molecule has 6 heteroatoms. The minimum atomic E-state index is -1.06. The first kappa shape index (κ1) is 12.2. The van der Waals surface area contributed by atoms with Crippen LogP contribution in [0.25, 0.3) is 0 Å². The van der Waals surface area contributed by atoms with Crippen molar-refractivity contribution in [3.63, 3.8) is 0 Å². The molecule has 1 aliphatic rings. The summed E-state index contributed by atoms with van der Waals surface area (Å²) in [6.07, 6.45) is 0.473. The van der Waals surface area contributed by atoms with Gasteiger partial charge in [-0.3, -0.25) is 0 Å². The molecule has 4 nitrogen and oxygen atoms in total.